The third kappa shape index (κ3) is 5.57. The molecule has 0 aliphatic carbocycles. The summed E-state index contributed by atoms with van der Waals surface area (Å²) in [6, 6.07) is 2.07. The van der Waals surface area contributed by atoms with Gasteiger partial charge in [0.1, 0.15) is 5.82 Å². The Kier molecular flexibility index (Phi) is 6.13. The molecule has 156 valence electrons. The van der Waals surface area contributed by atoms with Crippen molar-refractivity contribution >= 4 is 21.6 Å². The van der Waals surface area contributed by atoms with Crippen LogP contribution in [-0.2, 0) is 20.8 Å². The molecule has 0 radical (unpaired) electrons. The zero-order chi connectivity index (χ0) is 20.4. The molecule has 2 aliphatic rings. The van der Waals surface area contributed by atoms with Gasteiger partial charge in [-0.2, -0.15) is 13.2 Å². The summed E-state index contributed by atoms with van der Waals surface area (Å²) in [5.74, 6) is 0.377. The van der Waals surface area contributed by atoms with Crippen molar-refractivity contribution in [1.29, 1.82) is 0 Å². The van der Waals surface area contributed by atoms with E-state index in [1.807, 2.05) is 9.80 Å². The molecule has 0 unspecified atom stereocenters. The van der Waals surface area contributed by atoms with Crippen LogP contribution in [0, 0.1) is 0 Å². The Balaban J connectivity index is 1.50. The van der Waals surface area contributed by atoms with Crippen molar-refractivity contribution in [2.45, 2.75) is 25.1 Å². The number of alkyl halides is 3. The molecule has 2 saturated heterocycles. The van der Waals surface area contributed by atoms with Crippen molar-refractivity contribution in [1.82, 2.24) is 15.2 Å². The lowest BCUT2D eigenvalue weighted by Gasteiger charge is -2.23. The van der Waals surface area contributed by atoms with Crippen LogP contribution in [0.5, 0.6) is 0 Å². The third-order valence-electron chi connectivity index (χ3n) is 4.95. The molecule has 1 aromatic heterocycles. The van der Waals surface area contributed by atoms with Crippen molar-refractivity contribution < 1.29 is 26.4 Å². The molecule has 3 heterocycles. The van der Waals surface area contributed by atoms with Crippen LogP contribution >= 0.6 is 0 Å². The van der Waals surface area contributed by atoms with E-state index in [9.17, 15) is 26.4 Å². The van der Waals surface area contributed by atoms with Crippen molar-refractivity contribution in [2.24, 2.45) is 0 Å². The second-order valence-corrected chi connectivity index (χ2v) is 9.42. The minimum absolute atomic E-state index is 0.00783. The first-order chi connectivity index (χ1) is 13.1. The van der Waals surface area contributed by atoms with Crippen LogP contribution in [0.4, 0.5) is 19.0 Å². The highest BCUT2D eigenvalue weighted by Crippen LogP contribution is 2.29. The number of carbonyl (C=O) groups is 1. The predicted octanol–water partition coefficient (Wildman–Crippen LogP) is 0.916. The average Bonchev–Trinajstić information content (AvgIpc) is 2.80. The van der Waals surface area contributed by atoms with Crippen LogP contribution in [0.2, 0.25) is 0 Å². The Morgan fingerprint density at radius 3 is 2.61 bits per heavy atom. The molecule has 1 N–H and O–H groups in total. The van der Waals surface area contributed by atoms with E-state index in [0.29, 0.717) is 38.4 Å². The minimum atomic E-state index is -4.41. The number of pyridine rings is 1. The number of nitrogens with one attached hydrogen (secondary N) is 1. The smallest absolute Gasteiger partial charge is 0.355 e. The fourth-order valence-electron chi connectivity index (χ4n) is 3.48. The van der Waals surface area contributed by atoms with Crippen molar-refractivity contribution in [2.75, 3.05) is 49.1 Å². The maximum Gasteiger partial charge on any atom is 0.417 e. The number of amides is 1. The van der Waals surface area contributed by atoms with Crippen LogP contribution in [-0.4, -0.2) is 74.5 Å². The molecule has 11 heteroatoms. The van der Waals surface area contributed by atoms with E-state index in [1.165, 1.54) is 6.07 Å². The van der Waals surface area contributed by atoms with Gasteiger partial charge in [0.25, 0.3) is 0 Å². The molecular formula is C17H23F3N4O3S. The van der Waals surface area contributed by atoms with Gasteiger partial charge in [-0.25, -0.2) is 13.4 Å². The number of sulfone groups is 1. The van der Waals surface area contributed by atoms with Crippen LogP contribution in [0.25, 0.3) is 0 Å². The van der Waals surface area contributed by atoms with Gasteiger partial charge >= 0.3 is 6.18 Å². The second-order valence-electron chi connectivity index (χ2n) is 7.19. The molecule has 0 aromatic carbocycles. The molecule has 0 saturated carbocycles. The number of nitrogens with zero attached hydrogens (tertiary/aromatic N) is 3. The van der Waals surface area contributed by atoms with Gasteiger partial charge in [0, 0.05) is 38.4 Å². The molecule has 7 nitrogen and oxygen atoms in total. The van der Waals surface area contributed by atoms with Crippen molar-refractivity contribution in [3.05, 3.63) is 23.9 Å². The SMILES string of the molecule is O=C(CN1CCCN(c2ccc(C(F)(F)F)cn2)CC1)N[C@@H]1CCS(=O)(=O)C1. The Morgan fingerprint density at radius 1 is 1.21 bits per heavy atom. The number of anilines is 1. The largest absolute Gasteiger partial charge is 0.417 e. The van der Waals surface area contributed by atoms with Gasteiger partial charge < -0.3 is 10.2 Å². The molecule has 2 aliphatic heterocycles. The second kappa shape index (κ2) is 8.24. The van der Waals surface area contributed by atoms with Gasteiger partial charge in [0.15, 0.2) is 9.84 Å². The van der Waals surface area contributed by atoms with Crippen LogP contribution in [0.3, 0.4) is 0 Å². The number of rotatable bonds is 4. The van der Waals surface area contributed by atoms with Gasteiger partial charge in [-0.05, 0) is 25.0 Å². The summed E-state index contributed by atoms with van der Waals surface area (Å²) in [6.07, 6.45) is -2.39. The number of carbonyl (C=O) groups excluding carboxylic acids is 1. The molecule has 2 fully saturated rings. The van der Waals surface area contributed by atoms with Crippen molar-refractivity contribution in [3.63, 3.8) is 0 Å². The molecule has 0 bridgehead atoms. The normalized spacial score (nSPS) is 23.4. The summed E-state index contributed by atoms with van der Waals surface area (Å²) in [5, 5.41) is 2.77. The fourth-order valence-corrected chi connectivity index (χ4v) is 5.16. The quantitative estimate of drug-likeness (QED) is 0.780. The maximum absolute atomic E-state index is 12.7. The Labute approximate surface area is 161 Å². The van der Waals surface area contributed by atoms with E-state index >= 15 is 0 Å². The van der Waals surface area contributed by atoms with Gasteiger partial charge in [-0.1, -0.05) is 0 Å². The Bertz CT molecular complexity index is 799. The first-order valence-electron chi connectivity index (χ1n) is 9.13. The summed E-state index contributed by atoms with van der Waals surface area (Å²) < 4.78 is 60.9. The standard InChI is InChI=1S/C17H23F3N4O3S/c18-17(19,20)13-2-3-15(21-10-13)24-6-1-5-23(7-8-24)11-16(25)22-14-4-9-28(26,27)12-14/h2-3,10,14H,1,4-9,11-12H2,(H,22,25)/t14-/m1/s1. The van der Waals surface area contributed by atoms with E-state index in [0.717, 1.165) is 18.7 Å². The molecule has 1 amide bonds. The lowest BCUT2D eigenvalue weighted by Crippen LogP contribution is -2.43. The number of hydrogen-bond acceptors (Lipinski definition) is 6. The highest BCUT2D eigenvalue weighted by molar-refractivity contribution is 7.91. The van der Waals surface area contributed by atoms with Crippen LogP contribution in [0.15, 0.2) is 18.3 Å². The van der Waals surface area contributed by atoms with Crippen LogP contribution in [0.1, 0.15) is 18.4 Å². The monoisotopic (exact) mass is 420 g/mol. The Hall–Kier alpha value is -1.88. The minimum Gasteiger partial charge on any atom is -0.355 e. The molecule has 3 rings (SSSR count). The van der Waals surface area contributed by atoms with E-state index in [4.69, 9.17) is 0 Å². The zero-order valence-corrected chi connectivity index (χ0v) is 16.1. The zero-order valence-electron chi connectivity index (χ0n) is 15.3. The summed E-state index contributed by atoms with van der Waals surface area (Å²) >= 11 is 0. The fraction of sp³-hybridized carbons (Fsp3) is 0.647. The molecule has 0 spiro atoms. The average molecular weight is 420 g/mol. The van der Waals surface area contributed by atoms with Gasteiger partial charge in [0.2, 0.25) is 5.91 Å². The highest BCUT2D eigenvalue weighted by atomic mass is 32.2. The van der Waals surface area contributed by atoms with Crippen molar-refractivity contribution in [3.8, 4) is 0 Å². The summed E-state index contributed by atoms with van der Waals surface area (Å²) in [7, 11) is -3.04. The molecule has 28 heavy (non-hydrogen) atoms. The summed E-state index contributed by atoms with van der Waals surface area (Å²) in [4.78, 5) is 20.0. The third-order valence-corrected chi connectivity index (χ3v) is 6.72. The van der Waals surface area contributed by atoms with Gasteiger partial charge in [-0.3, -0.25) is 9.69 Å². The van der Waals surface area contributed by atoms with E-state index in [2.05, 4.69) is 10.3 Å². The first-order valence-corrected chi connectivity index (χ1v) is 10.9. The maximum atomic E-state index is 12.7. The predicted molar refractivity (Wildman–Crippen MR) is 97.7 cm³/mol. The molecule has 1 atom stereocenters. The van der Waals surface area contributed by atoms with Gasteiger partial charge in [0.05, 0.1) is 23.6 Å². The molecule has 1 aromatic rings. The van der Waals surface area contributed by atoms with E-state index in [1.54, 1.807) is 0 Å². The molecular weight excluding hydrogens is 397 g/mol. The first kappa shape index (κ1) is 20.8. The summed E-state index contributed by atoms with van der Waals surface area (Å²) in [5.41, 5.74) is -0.779. The highest BCUT2D eigenvalue weighted by Gasteiger charge is 2.31. The number of aromatic nitrogens is 1. The van der Waals surface area contributed by atoms with E-state index in [-0.39, 0.29) is 30.0 Å². The number of halogens is 3. The van der Waals surface area contributed by atoms with Crippen LogP contribution < -0.4 is 10.2 Å². The summed E-state index contributed by atoms with van der Waals surface area (Å²) in [6.45, 7) is 2.60. The van der Waals surface area contributed by atoms with E-state index < -0.39 is 21.6 Å². The topological polar surface area (TPSA) is 82.6 Å². The van der Waals surface area contributed by atoms with Gasteiger partial charge in [-0.15, -0.1) is 0 Å². The lowest BCUT2D eigenvalue weighted by molar-refractivity contribution is -0.137. The lowest BCUT2D eigenvalue weighted by atomic mass is 10.2. The number of hydrogen-bond donors (Lipinski definition) is 1. The Morgan fingerprint density at radius 2 is 2.00 bits per heavy atom.